The minimum Gasteiger partial charge on any atom is -0.493 e. The second kappa shape index (κ2) is 6.17. The molecule has 2 bridgehead atoms. The van der Waals surface area contributed by atoms with E-state index in [9.17, 15) is 5.11 Å². The number of likely N-dealkylation sites (tertiary alicyclic amines) is 1. The van der Waals surface area contributed by atoms with Crippen molar-refractivity contribution in [3.8, 4) is 11.5 Å². The number of likely N-dealkylation sites (N-methyl/N-ethyl adjacent to an activating group) is 1. The van der Waals surface area contributed by atoms with Gasteiger partial charge in [-0.2, -0.15) is 0 Å². The fraction of sp³-hybridized carbons (Fsp3) is 0.714. The van der Waals surface area contributed by atoms with Crippen LogP contribution >= 0.6 is 0 Å². The lowest BCUT2D eigenvalue weighted by atomic mass is 9.56. The summed E-state index contributed by atoms with van der Waals surface area (Å²) in [5, 5.41) is 10.9. The Morgan fingerprint density at radius 2 is 1.92 bits per heavy atom. The number of nitrogens with zero attached hydrogens (tertiary/aromatic N) is 1. The van der Waals surface area contributed by atoms with Crippen molar-refractivity contribution in [2.75, 3.05) is 27.8 Å². The number of rotatable bonds is 3. The van der Waals surface area contributed by atoms with Gasteiger partial charge >= 0.3 is 0 Å². The van der Waals surface area contributed by atoms with Crippen LogP contribution in [0, 0.1) is 17.8 Å². The maximum atomic E-state index is 10.9. The molecule has 4 heteroatoms. The molecule has 1 aromatic carbocycles. The van der Waals surface area contributed by atoms with E-state index in [1.165, 1.54) is 24.8 Å². The van der Waals surface area contributed by atoms with E-state index in [4.69, 9.17) is 9.47 Å². The van der Waals surface area contributed by atoms with Crippen molar-refractivity contribution >= 4 is 0 Å². The molecule has 138 valence electrons. The lowest BCUT2D eigenvalue weighted by Crippen LogP contribution is -2.58. The average molecular weight is 345 g/mol. The van der Waals surface area contributed by atoms with Crippen molar-refractivity contribution in [2.24, 2.45) is 17.8 Å². The maximum absolute atomic E-state index is 10.9. The van der Waals surface area contributed by atoms with Gasteiger partial charge in [-0.1, -0.05) is 13.0 Å². The largest absolute Gasteiger partial charge is 0.493 e. The number of ether oxygens (including phenoxy) is 2. The molecule has 0 aromatic heterocycles. The topological polar surface area (TPSA) is 41.9 Å². The molecule has 5 rings (SSSR count). The minimum atomic E-state index is -0.165. The highest BCUT2D eigenvalue weighted by Crippen LogP contribution is 2.59. The van der Waals surface area contributed by atoms with Gasteiger partial charge in [0.25, 0.3) is 0 Å². The predicted molar refractivity (Wildman–Crippen MR) is 98.3 cm³/mol. The van der Waals surface area contributed by atoms with Gasteiger partial charge in [-0.05, 0) is 68.8 Å². The van der Waals surface area contributed by atoms with Crippen LogP contribution in [-0.4, -0.2) is 50.0 Å². The van der Waals surface area contributed by atoms with Crippen molar-refractivity contribution in [2.45, 2.75) is 50.2 Å². The zero-order valence-corrected chi connectivity index (χ0v) is 15.9. The standard InChI is InChI=1S/C21H31NO3/c1-13-5-6-14-11-16(23)19(13)20-21(14,9-10-22(20)2)15-7-8-17(24-3)18(12-15)25-4/h7-8,12-14,16,19-20,23H,5-6,9-11H2,1-4H3/t13-,14-,16+,19+,20?,21-/m1/s1. The van der Waals surface area contributed by atoms with Crippen LogP contribution in [-0.2, 0) is 5.41 Å². The summed E-state index contributed by atoms with van der Waals surface area (Å²) in [6.45, 7) is 3.44. The highest BCUT2D eigenvalue weighted by Gasteiger charge is 2.61. The first-order valence-electron chi connectivity index (χ1n) is 9.63. The van der Waals surface area contributed by atoms with Gasteiger partial charge in [0.2, 0.25) is 0 Å². The van der Waals surface area contributed by atoms with Crippen molar-refractivity contribution in [3.05, 3.63) is 23.8 Å². The normalized spacial score (nSPS) is 40.6. The van der Waals surface area contributed by atoms with E-state index in [1.807, 2.05) is 0 Å². The maximum Gasteiger partial charge on any atom is 0.161 e. The highest BCUT2D eigenvalue weighted by molar-refractivity contribution is 5.47. The minimum absolute atomic E-state index is 0.128. The summed E-state index contributed by atoms with van der Waals surface area (Å²) in [6.07, 6.45) is 4.39. The van der Waals surface area contributed by atoms with E-state index in [2.05, 4.69) is 37.1 Å². The monoisotopic (exact) mass is 345 g/mol. The Morgan fingerprint density at radius 3 is 2.64 bits per heavy atom. The summed E-state index contributed by atoms with van der Waals surface area (Å²) in [5.41, 5.74) is 1.50. The number of aliphatic hydroxyl groups excluding tert-OH is 1. The zero-order chi connectivity index (χ0) is 17.8. The van der Waals surface area contributed by atoms with Crippen molar-refractivity contribution in [1.29, 1.82) is 0 Å². The van der Waals surface area contributed by atoms with Gasteiger partial charge < -0.3 is 19.5 Å². The molecule has 3 saturated carbocycles. The average Bonchev–Trinajstić information content (AvgIpc) is 2.83. The second-order valence-electron chi connectivity index (χ2n) is 8.42. The number of hydrogen-bond donors (Lipinski definition) is 1. The van der Waals surface area contributed by atoms with Gasteiger partial charge in [0.05, 0.1) is 20.3 Å². The third-order valence-electron chi connectivity index (χ3n) is 7.49. The van der Waals surface area contributed by atoms with Crippen LogP contribution in [0.2, 0.25) is 0 Å². The van der Waals surface area contributed by atoms with Crippen LogP contribution in [0.4, 0.5) is 0 Å². The molecule has 0 radical (unpaired) electrons. The van der Waals surface area contributed by atoms with E-state index < -0.39 is 0 Å². The molecule has 6 atom stereocenters. The molecule has 1 saturated heterocycles. The Labute approximate surface area is 151 Å². The molecule has 3 aliphatic carbocycles. The molecule has 4 fully saturated rings. The Morgan fingerprint density at radius 1 is 1.16 bits per heavy atom. The first-order chi connectivity index (χ1) is 12.0. The predicted octanol–water partition coefficient (Wildman–Crippen LogP) is 3.07. The van der Waals surface area contributed by atoms with Crippen LogP contribution in [0.5, 0.6) is 11.5 Å². The molecule has 1 unspecified atom stereocenters. The molecule has 1 aromatic rings. The van der Waals surface area contributed by atoms with Crippen LogP contribution in [0.1, 0.15) is 38.2 Å². The Bertz CT molecular complexity index is 644. The number of hydrogen-bond acceptors (Lipinski definition) is 4. The van der Waals surface area contributed by atoms with Crippen molar-refractivity contribution in [1.82, 2.24) is 4.90 Å². The van der Waals surface area contributed by atoms with Gasteiger partial charge in [0, 0.05) is 17.4 Å². The van der Waals surface area contributed by atoms with Crippen LogP contribution in [0.25, 0.3) is 0 Å². The van der Waals surface area contributed by atoms with Crippen LogP contribution in [0.15, 0.2) is 18.2 Å². The third kappa shape index (κ3) is 2.33. The first-order valence-corrected chi connectivity index (χ1v) is 9.63. The summed E-state index contributed by atoms with van der Waals surface area (Å²) < 4.78 is 11.1. The van der Waals surface area contributed by atoms with Gasteiger partial charge in [0.15, 0.2) is 11.5 Å². The van der Waals surface area contributed by atoms with E-state index in [0.29, 0.717) is 23.8 Å². The van der Waals surface area contributed by atoms with E-state index >= 15 is 0 Å². The number of benzene rings is 1. The number of methoxy groups -OCH3 is 2. The summed E-state index contributed by atoms with van der Waals surface area (Å²) in [7, 11) is 5.64. The highest BCUT2D eigenvalue weighted by atomic mass is 16.5. The van der Waals surface area contributed by atoms with Crippen LogP contribution in [0.3, 0.4) is 0 Å². The molecule has 25 heavy (non-hydrogen) atoms. The van der Waals surface area contributed by atoms with Crippen molar-refractivity contribution in [3.63, 3.8) is 0 Å². The summed E-state index contributed by atoms with van der Waals surface area (Å²) >= 11 is 0. The fourth-order valence-electron chi connectivity index (χ4n) is 6.39. The molecule has 0 spiro atoms. The Hall–Kier alpha value is -1.26. The molecular formula is C21H31NO3. The van der Waals surface area contributed by atoms with Crippen molar-refractivity contribution < 1.29 is 14.6 Å². The fourth-order valence-corrected chi connectivity index (χ4v) is 6.39. The van der Waals surface area contributed by atoms with Gasteiger partial charge in [0.1, 0.15) is 0 Å². The van der Waals surface area contributed by atoms with Gasteiger partial charge in [-0.15, -0.1) is 0 Å². The molecule has 0 amide bonds. The Kier molecular flexibility index (Phi) is 4.24. The van der Waals surface area contributed by atoms with E-state index in [1.54, 1.807) is 14.2 Å². The zero-order valence-electron chi connectivity index (χ0n) is 15.9. The lowest BCUT2D eigenvalue weighted by Gasteiger charge is -2.52. The van der Waals surface area contributed by atoms with Gasteiger partial charge in [-0.3, -0.25) is 0 Å². The molecule has 1 heterocycles. The van der Waals surface area contributed by atoms with Crippen LogP contribution < -0.4 is 9.47 Å². The molecule has 4 aliphatic rings. The van der Waals surface area contributed by atoms with E-state index in [-0.39, 0.29) is 11.5 Å². The second-order valence-corrected chi connectivity index (χ2v) is 8.42. The first kappa shape index (κ1) is 17.2. The van der Waals surface area contributed by atoms with E-state index in [0.717, 1.165) is 24.5 Å². The summed E-state index contributed by atoms with van der Waals surface area (Å²) in [5.74, 6) is 3.08. The Balaban J connectivity index is 1.86. The summed E-state index contributed by atoms with van der Waals surface area (Å²) in [6, 6.07) is 6.90. The SMILES string of the molecule is COc1ccc([C@]23CCN(C)C2[C@H]2[C@H](C)CC[C@@H]3C[C@@H]2O)cc1OC. The quantitative estimate of drug-likeness (QED) is 0.914. The molecular weight excluding hydrogens is 314 g/mol. The summed E-state index contributed by atoms with van der Waals surface area (Å²) in [4.78, 5) is 2.51. The molecule has 1 aliphatic heterocycles. The van der Waals surface area contributed by atoms with Gasteiger partial charge in [-0.25, -0.2) is 0 Å². The molecule has 4 nitrogen and oxygen atoms in total. The lowest BCUT2D eigenvalue weighted by molar-refractivity contribution is -0.0407. The smallest absolute Gasteiger partial charge is 0.161 e. The molecule has 1 N–H and O–H groups in total. The number of aliphatic hydroxyl groups is 1. The third-order valence-corrected chi connectivity index (χ3v) is 7.49. The number of fused-ring (bicyclic) bond motifs is 3.